The van der Waals surface area contributed by atoms with Gasteiger partial charge in [0.2, 0.25) is 5.91 Å². The average Bonchev–Trinajstić information content (AvgIpc) is 2.09. The zero-order valence-electron chi connectivity index (χ0n) is 7.31. The molecule has 66 valence electrons. The van der Waals surface area contributed by atoms with E-state index in [2.05, 4.69) is 11.9 Å². The molecular weight excluding hydrogens is 150 g/mol. The van der Waals surface area contributed by atoms with Gasteiger partial charge in [0.15, 0.2) is 0 Å². The second-order valence-electron chi connectivity index (χ2n) is 2.95. The molecule has 0 saturated carbocycles. The molecule has 1 N–H and O–H groups in total. The van der Waals surface area contributed by atoms with Crippen molar-refractivity contribution in [3.05, 3.63) is 24.3 Å². The van der Waals surface area contributed by atoms with E-state index in [0.717, 1.165) is 37.8 Å². The van der Waals surface area contributed by atoms with Crippen molar-refractivity contribution in [1.29, 1.82) is 0 Å². The summed E-state index contributed by atoms with van der Waals surface area (Å²) >= 11 is 0. The van der Waals surface area contributed by atoms with Crippen LogP contribution in [-0.2, 0) is 4.79 Å². The number of nitrogens with one attached hydrogen (secondary N) is 1. The summed E-state index contributed by atoms with van der Waals surface area (Å²) in [4.78, 5) is 11.2. The zero-order valence-corrected chi connectivity index (χ0v) is 7.31. The van der Waals surface area contributed by atoms with Crippen LogP contribution < -0.4 is 5.32 Å². The van der Waals surface area contributed by atoms with Gasteiger partial charge in [-0.25, -0.2) is 0 Å². The molecule has 1 rings (SSSR count). The first-order valence-corrected chi connectivity index (χ1v) is 4.42. The number of rotatable bonds is 4. The third-order valence-electron chi connectivity index (χ3n) is 1.97. The van der Waals surface area contributed by atoms with Gasteiger partial charge in [-0.1, -0.05) is 12.2 Å². The number of hydrogen-bond donors (Lipinski definition) is 1. The van der Waals surface area contributed by atoms with E-state index in [4.69, 9.17) is 0 Å². The van der Waals surface area contributed by atoms with E-state index in [1.54, 1.807) is 0 Å². The first-order valence-electron chi connectivity index (χ1n) is 4.42. The van der Waals surface area contributed by atoms with Gasteiger partial charge in [-0.05, 0) is 25.7 Å². The van der Waals surface area contributed by atoms with Crippen LogP contribution in [0.25, 0.3) is 0 Å². The van der Waals surface area contributed by atoms with E-state index in [-0.39, 0.29) is 5.91 Å². The Kier molecular flexibility index (Phi) is 3.58. The number of hydrogen-bond acceptors (Lipinski definition) is 1. The first kappa shape index (κ1) is 9.04. The summed E-state index contributed by atoms with van der Waals surface area (Å²) in [5.41, 5.74) is 0.947. The van der Waals surface area contributed by atoms with E-state index in [0.29, 0.717) is 0 Å². The van der Waals surface area contributed by atoms with Crippen molar-refractivity contribution in [1.82, 2.24) is 5.32 Å². The highest BCUT2D eigenvalue weighted by atomic mass is 16.1. The Labute approximate surface area is 73.4 Å². The van der Waals surface area contributed by atoms with Gasteiger partial charge in [-0.3, -0.25) is 4.79 Å². The molecule has 0 fully saturated rings. The molecule has 0 aromatic carbocycles. The Balaban J connectivity index is 2.34. The molecule has 1 heterocycles. The van der Waals surface area contributed by atoms with Crippen molar-refractivity contribution < 1.29 is 4.79 Å². The van der Waals surface area contributed by atoms with Gasteiger partial charge in [0.05, 0.1) is 0 Å². The van der Waals surface area contributed by atoms with E-state index >= 15 is 0 Å². The minimum atomic E-state index is 0.116. The Morgan fingerprint density at radius 3 is 3.17 bits per heavy atom. The molecule has 0 atom stereocenters. The Bertz CT molecular complexity index is 206. The molecular formula is C10H15NO. The molecule has 0 saturated heterocycles. The fourth-order valence-electron chi connectivity index (χ4n) is 1.29. The predicted molar refractivity (Wildman–Crippen MR) is 49.8 cm³/mol. The largest absolute Gasteiger partial charge is 0.352 e. The van der Waals surface area contributed by atoms with Crippen LogP contribution in [-0.4, -0.2) is 12.5 Å². The molecule has 0 aliphatic carbocycles. The lowest BCUT2D eigenvalue weighted by atomic mass is 10.0. The smallest absolute Gasteiger partial charge is 0.246 e. The van der Waals surface area contributed by atoms with E-state index in [9.17, 15) is 4.79 Å². The molecule has 12 heavy (non-hydrogen) atoms. The molecule has 1 amide bonds. The molecule has 2 nitrogen and oxygen atoms in total. The third kappa shape index (κ3) is 2.53. The second kappa shape index (κ2) is 4.75. The fraction of sp³-hybridized carbons (Fsp3) is 0.500. The van der Waals surface area contributed by atoms with Crippen molar-refractivity contribution in [3.8, 4) is 0 Å². The zero-order chi connectivity index (χ0) is 8.81. The van der Waals surface area contributed by atoms with Crippen LogP contribution in [0.5, 0.6) is 0 Å². The average molecular weight is 165 g/mol. The summed E-state index contributed by atoms with van der Waals surface area (Å²) in [6.45, 7) is 4.44. The summed E-state index contributed by atoms with van der Waals surface area (Å²) < 4.78 is 0. The summed E-state index contributed by atoms with van der Waals surface area (Å²) in [6.07, 6.45) is 7.82. The van der Waals surface area contributed by atoms with Crippen LogP contribution >= 0.6 is 0 Å². The lowest BCUT2D eigenvalue weighted by Crippen LogP contribution is -2.29. The van der Waals surface area contributed by atoms with Gasteiger partial charge in [-0.2, -0.15) is 0 Å². The molecule has 1 aliphatic heterocycles. The quantitative estimate of drug-likeness (QED) is 0.499. The van der Waals surface area contributed by atoms with Crippen LogP contribution in [0.15, 0.2) is 24.3 Å². The highest BCUT2D eigenvalue weighted by molar-refractivity contribution is 5.94. The van der Waals surface area contributed by atoms with Crippen LogP contribution in [0.3, 0.4) is 0 Å². The van der Waals surface area contributed by atoms with Gasteiger partial charge in [0.25, 0.3) is 0 Å². The van der Waals surface area contributed by atoms with Crippen LogP contribution in [0.1, 0.15) is 25.7 Å². The normalized spacial score (nSPS) is 16.7. The highest BCUT2D eigenvalue weighted by Crippen LogP contribution is 2.11. The maximum atomic E-state index is 11.2. The summed E-state index contributed by atoms with van der Waals surface area (Å²) in [5.74, 6) is 0.116. The van der Waals surface area contributed by atoms with Crippen LogP contribution in [0.4, 0.5) is 0 Å². The maximum Gasteiger partial charge on any atom is 0.246 e. The van der Waals surface area contributed by atoms with Crippen molar-refractivity contribution >= 4 is 5.91 Å². The fourth-order valence-corrected chi connectivity index (χ4v) is 1.29. The van der Waals surface area contributed by atoms with E-state index in [1.807, 2.05) is 12.2 Å². The van der Waals surface area contributed by atoms with Crippen molar-refractivity contribution in [3.63, 3.8) is 0 Å². The summed E-state index contributed by atoms with van der Waals surface area (Å²) in [5, 5.41) is 2.83. The number of carbonyl (C=O) groups excluding carboxylic acids is 1. The molecule has 0 aromatic rings. The lowest BCUT2D eigenvalue weighted by molar-refractivity contribution is -0.117. The van der Waals surface area contributed by atoms with Gasteiger partial charge in [0, 0.05) is 12.1 Å². The number of allylic oxidation sites excluding steroid dienone is 1. The molecule has 2 heteroatoms. The summed E-state index contributed by atoms with van der Waals surface area (Å²) in [6, 6.07) is 0. The summed E-state index contributed by atoms with van der Waals surface area (Å²) in [7, 11) is 0. The molecule has 1 aliphatic rings. The Morgan fingerprint density at radius 1 is 1.67 bits per heavy atom. The lowest BCUT2D eigenvalue weighted by Gasteiger charge is -2.12. The van der Waals surface area contributed by atoms with Gasteiger partial charge >= 0.3 is 0 Å². The number of unbranched alkanes of at least 4 members (excludes halogenated alkanes) is 1. The first-order chi connectivity index (χ1) is 5.84. The number of amides is 1. The SMILES string of the molecule is C=CCCCC1=CCCNC1=O. The standard InChI is InChI=1S/C10H15NO/c1-2-3-4-6-9-7-5-8-11-10(9)12/h2,7H,1,3-6,8H2,(H,11,12). The topological polar surface area (TPSA) is 29.1 Å². The maximum absolute atomic E-state index is 11.2. The minimum absolute atomic E-state index is 0.116. The number of carbonyl (C=O) groups is 1. The van der Waals surface area contributed by atoms with Crippen LogP contribution in [0.2, 0.25) is 0 Å². The minimum Gasteiger partial charge on any atom is -0.352 e. The Morgan fingerprint density at radius 2 is 2.50 bits per heavy atom. The van der Waals surface area contributed by atoms with Crippen molar-refractivity contribution in [2.75, 3.05) is 6.54 Å². The Hall–Kier alpha value is -1.05. The van der Waals surface area contributed by atoms with E-state index in [1.165, 1.54) is 0 Å². The van der Waals surface area contributed by atoms with Crippen LogP contribution in [0, 0.1) is 0 Å². The molecule has 0 spiro atoms. The highest BCUT2D eigenvalue weighted by Gasteiger charge is 2.10. The van der Waals surface area contributed by atoms with Crippen molar-refractivity contribution in [2.24, 2.45) is 0 Å². The van der Waals surface area contributed by atoms with E-state index < -0.39 is 0 Å². The van der Waals surface area contributed by atoms with Gasteiger partial charge in [-0.15, -0.1) is 6.58 Å². The predicted octanol–water partition coefficient (Wildman–Crippen LogP) is 1.79. The molecule has 0 unspecified atom stereocenters. The third-order valence-corrected chi connectivity index (χ3v) is 1.97. The van der Waals surface area contributed by atoms with Crippen molar-refractivity contribution in [2.45, 2.75) is 25.7 Å². The molecule has 0 radical (unpaired) electrons. The van der Waals surface area contributed by atoms with Gasteiger partial charge < -0.3 is 5.32 Å². The van der Waals surface area contributed by atoms with Gasteiger partial charge in [0.1, 0.15) is 0 Å². The molecule has 0 aromatic heterocycles. The molecule has 0 bridgehead atoms. The second-order valence-corrected chi connectivity index (χ2v) is 2.95. The monoisotopic (exact) mass is 165 g/mol.